The Bertz CT molecular complexity index is 1110. The van der Waals surface area contributed by atoms with Gasteiger partial charge in [-0.3, -0.25) is 9.59 Å². The number of nitrogens with one attached hydrogen (secondary N) is 1. The van der Waals surface area contributed by atoms with Crippen LogP contribution in [0.1, 0.15) is 36.1 Å². The minimum atomic E-state index is -0.993. The second-order valence-electron chi connectivity index (χ2n) is 8.43. The number of benzene rings is 2. The normalized spacial score (nSPS) is 11.7. The topological polar surface area (TPSA) is 71.3 Å². The predicted molar refractivity (Wildman–Crippen MR) is 117 cm³/mol. The van der Waals surface area contributed by atoms with Crippen molar-refractivity contribution in [3.63, 3.8) is 0 Å². The van der Waals surface area contributed by atoms with Crippen molar-refractivity contribution in [1.29, 1.82) is 0 Å². The lowest BCUT2D eigenvalue weighted by Gasteiger charge is -2.19. The average Bonchev–Trinajstić information content (AvgIpc) is 2.60. The number of pyridine rings is 1. The van der Waals surface area contributed by atoms with Gasteiger partial charge in [-0.2, -0.15) is 0 Å². The summed E-state index contributed by atoms with van der Waals surface area (Å²) < 4.78 is 1.49. The number of hydrogen-bond donors (Lipinski definition) is 2. The molecule has 5 heteroatoms. The minimum absolute atomic E-state index is 0.117. The summed E-state index contributed by atoms with van der Waals surface area (Å²) in [7, 11) is 0. The van der Waals surface area contributed by atoms with E-state index in [-0.39, 0.29) is 24.4 Å². The SMILES string of the molecule is Cc1cc(C)c(CC(=O)Nc2cccc3c(=O)n(CC(C)(C)O)ccc23)c(C)c1. The minimum Gasteiger partial charge on any atom is -0.389 e. The quantitative estimate of drug-likeness (QED) is 0.692. The van der Waals surface area contributed by atoms with E-state index in [4.69, 9.17) is 0 Å². The Hall–Kier alpha value is -2.92. The van der Waals surface area contributed by atoms with Crippen LogP contribution in [0.3, 0.4) is 0 Å². The van der Waals surface area contributed by atoms with Gasteiger partial charge in [-0.25, -0.2) is 0 Å². The monoisotopic (exact) mass is 392 g/mol. The van der Waals surface area contributed by atoms with Crippen LogP contribution in [-0.2, 0) is 17.8 Å². The first kappa shape index (κ1) is 20.8. The van der Waals surface area contributed by atoms with E-state index in [0.29, 0.717) is 16.5 Å². The second-order valence-corrected chi connectivity index (χ2v) is 8.43. The Balaban J connectivity index is 1.90. The van der Waals surface area contributed by atoms with Crippen molar-refractivity contribution in [3.8, 4) is 0 Å². The third-order valence-corrected chi connectivity index (χ3v) is 5.03. The molecule has 1 aromatic heterocycles. The number of aliphatic hydroxyl groups is 1. The molecule has 2 N–H and O–H groups in total. The van der Waals surface area contributed by atoms with Crippen LogP contribution < -0.4 is 10.9 Å². The number of nitrogens with zero attached hydrogens (tertiary/aromatic N) is 1. The Labute approximate surface area is 171 Å². The summed E-state index contributed by atoms with van der Waals surface area (Å²) in [4.78, 5) is 25.5. The Morgan fingerprint density at radius 1 is 1.07 bits per heavy atom. The van der Waals surface area contributed by atoms with Gasteiger partial charge in [0.1, 0.15) is 0 Å². The zero-order chi connectivity index (χ0) is 21.3. The first-order valence-electron chi connectivity index (χ1n) is 9.76. The number of carbonyl (C=O) groups is 1. The fourth-order valence-corrected chi connectivity index (χ4v) is 3.81. The van der Waals surface area contributed by atoms with Gasteiger partial charge in [-0.15, -0.1) is 0 Å². The van der Waals surface area contributed by atoms with E-state index in [1.807, 2.05) is 20.8 Å². The van der Waals surface area contributed by atoms with Crippen molar-refractivity contribution in [2.75, 3.05) is 5.32 Å². The Morgan fingerprint density at radius 3 is 2.34 bits per heavy atom. The smallest absolute Gasteiger partial charge is 0.258 e. The van der Waals surface area contributed by atoms with Gasteiger partial charge in [-0.05, 0) is 69.5 Å². The van der Waals surface area contributed by atoms with Crippen LogP contribution >= 0.6 is 0 Å². The lowest BCUT2D eigenvalue weighted by Crippen LogP contribution is -2.32. The third-order valence-electron chi connectivity index (χ3n) is 5.03. The van der Waals surface area contributed by atoms with Gasteiger partial charge in [0.05, 0.1) is 18.6 Å². The lowest BCUT2D eigenvalue weighted by molar-refractivity contribution is -0.115. The second kappa shape index (κ2) is 7.84. The maximum Gasteiger partial charge on any atom is 0.258 e. The molecule has 5 nitrogen and oxygen atoms in total. The molecule has 2 aromatic carbocycles. The van der Waals surface area contributed by atoms with E-state index >= 15 is 0 Å². The summed E-state index contributed by atoms with van der Waals surface area (Å²) in [5.41, 5.74) is 3.84. The zero-order valence-electron chi connectivity index (χ0n) is 17.7. The fraction of sp³-hybridized carbons (Fsp3) is 0.333. The molecule has 0 radical (unpaired) electrons. The van der Waals surface area contributed by atoms with Gasteiger partial charge >= 0.3 is 0 Å². The van der Waals surface area contributed by atoms with Crippen LogP contribution in [0.25, 0.3) is 10.8 Å². The maximum atomic E-state index is 12.8. The summed E-state index contributed by atoms with van der Waals surface area (Å²) in [5, 5.41) is 14.2. The molecule has 0 saturated heterocycles. The van der Waals surface area contributed by atoms with Crippen molar-refractivity contribution in [2.45, 2.75) is 53.2 Å². The number of rotatable bonds is 5. The van der Waals surface area contributed by atoms with Crippen LogP contribution in [0.4, 0.5) is 5.69 Å². The number of carbonyl (C=O) groups excluding carboxylic acids is 1. The highest BCUT2D eigenvalue weighted by molar-refractivity contribution is 6.02. The fourth-order valence-electron chi connectivity index (χ4n) is 3.81. The van der Waals surface area contributed by atoms with E-state index in [1.165, 1.54) is 10.1 Å². The van der Waals surface area contributed by atoms with E-state index in [1.54, 1.807) is 44.3 Å². The molecular formula is C24H28N2O3. The molecule has 0 bridgehead atoms. The molecule has 0 aliphatic heterocycles. The van der Waals surface area contributed by atoms with Crippen LogP contribution in [0, 0.1) is 20.8 Å². The molecule has 0 aliphatic carbocycles. The molecule has 3 aromatic rings. The molecule has 0 atom stereocenters. The van der Waals surface area contributed by atoms with Crippen LogP contribution in [0.15, 0.2) is 47.4 Å². The summed E-state index contributed by atoms with van der Waals surface area (Å²) in [5.74, 6) is -0.117. The molecule has 0 fully saturated rings. The van der Waals surface area contributed by atoms with Crippen molar-refractivity contribution in [1.82, 2.24) is 4.57 Å². The summed E-state index contributed by atoms with van der Waals surface area (Å²) in [6, 6.07) is 11.3. The number of aryl methyl sites for hydroxylation is 3. The van der Waals surface area contributed by atoms with E-state index in [9.17, 15) is 14.7 Å². The summed E-state index contributed by atoms with van der Waals surface area (Å²) >= 11 is 0. The molecule has 29 heavy (non-hydrogen) atoms. The van der Waals surface area contributed by atoms with Gasteiger partial charge in [-0.1, -0.05) is 23.8 Å². The van der Waals surface area contributed by atoms with Crippen LogP contribution in [0.5, 0.6) is 0 Å². The van der Waals surface area contributed by atoms with Gasteiger partial charge in [0.15, 0.2) is 0 Å². The van der Waals surface area contributed by atoms with Crippen molar-refractivity contribution >= 4 is 22.4 Å². The molecule has 152 valence electrons. The predicted octanol–water partition coefficient (Wildman–Crippen LogP) is 3.88. The van der Waals surface area contributed by atoms with Crippen molar-refractivity contribution < 1.29 is 9.90 Å². The molecule has 1 heterocycles. The standard InChI is InChI=1S/C24H28N2O3/c1-15-11-16(2)20(17(3)12-15)13-22(27)25-21-8-6-7-19-18(21)9-10-26(23(19)28)14-24(4,5)29/h6-12,29H,13-14H2,1-5H3,(H,25,27). The van der Waals surface area contributed by atoms with Crippen LogP contribution in [-0.4, -0.2) is 21.2 Å². The largest absolute Gasteiger partial charge is 0.389 e. The number of anilines is 1. The lowest BCUT2D eigenvalue weighted by atomic mass is 9.97. The molecule has 0 unspecified atom stereocenters. The number of amides is 1. The van der Waals surface area contributed by atoms with E-state index < -0.39 is 5.60 Å². The Morgan fingerprint density at radius 2 is 1.72 bits per heavy atom. The van der Waals surface area contributed by atoms with Crippen molar-refractivity contribution in [3.05, 3.63) is 75.2 Å². The first-order valence-corrected chi connectivity index (χ1v) is 9.76. The number of aromatic nitrogens is 1. The first-order chi connectivity index (χ1) is 13.5. The van der Waals surface area contributed by atoms with E-state index in [2.05, 4.69) is 17.4 Å². The molecule has 0 aliphatic rings. The molecular weight excluding hydrogens is 364 g/mol. The molecule has 1 amide bonds. The number of hydrogen-bond acceptors (Lipinski definition) is 3. The van der Waals surface area contributed by atoms with Crippen LogP contribution in [0.2, 0.25) is 0 Å². The average molecular weight is 392 g/mol. The van der Waals surface area contributed by atoms with Crippen molar-refractivity contribution in [2.24, 2.45) is 0 Å². The maximum absolute atomic E-state index is 12.8. The third kappa shape index (κ3) is 4.74. The Kier molecular flexibility index (Phi) is 5.62. The highest BCUT2D eigenvalue weighted by Gasteiger charge is 2.16. The molecule has 0 saturated carbocycles. The summed E-state index contributed by atoms with van der Waals surface area (Å²) in [6.45, 7) is 9.61. The highest BCUT2D eigenvalue weighted by atomic mass is 16.3. The van der Waals surface area contributed by atoms with Gasteiger partial charge in [0.25, 0.3) is 5.56 Å². The van der Waals surface area contributed by atoms with Gasteiger partial charge < -0.3 is 15.0 Å². The van der Waals surface area contributed by atoms with Gasteiger partial charge in [0, 0.05) is 22.7 Å². The van der Waals surface area contributed by atoms with E-state index in [0.717, 1.165) is 16.7 Å². The highest BCUT2D eigenvalue weighted by Crippen LogP contribution is 2.22. The molecule has 0 spiro atoms. The zero-order valence-corrected chi connectivity index (χ0v) is 17.7. The summed E-state index contributed by atoms with van der Waals surface area (Å²) in [6.07, 6.45) is 1.94. The van der Waals surface area contributed by atoms with Gasteiger partial charge in [0.2, 0.25) is 5.91 Å². The molecule has 3 rings (SSSR count). The number of fused-ring (bicyclic) bond motifs is 1.